The molecule has 0 aromatic carbocycles. The molecule has 0 atom stereocenters. The lowest BCUT2D eigenvalue weighted by Crippen LogP contribution is -2.41. The maximum absolute atomic E-state index is 5.91. The van der Waals surface area contributed by atoms with E-state index in [0.29, 0.717) is 0 Å². The third-order valence-corrected chi connectivity index (χ3v) is 4.21. The van der Waals surface area contributed by atoms with Gasteiger partial charge in [0.2, 0.25) is 0 Å². The van der Waals surface area contributed by atoms with Crippen molar-refractivity contribution in [3.8, 4) is 0 Å². The van der Waals surface area contributed by atoms with Gasteiger partial charge in [0.15, 0.2) is 0 Å². The highest BCUT2D eigenvalue weighted by atomic mass is 16.7. The normalized spacial score (nSPS) is 29.4. The molecule has 16 heavy (non-hydrogen) atoms. The number of hydrogen-bond acceptors (Lipinski definition) is 2. The second-order valence-electron chi connectivity index (χ2n) is 6.05. The fourth-order valence-electron chi connectivity index (χ4n) is 2.36. The van der Waals surface area contributed by atoms with Crippen LogP contribution < -0.4 is 0 Å². The van der Waals surface area contributed by atoms with Gasteiger partial charge in [0.05, 0.1) is 11.2 Å². The van der Waals surface area contributed by atoms with E-state index >= 15 is 0 Å². The average molecular weight is 222 g/mol. The summed E-state index contributed by atoms with van der Waals surface area (Å²) in [5, 5.41) is 0. The summed E-state index contributed by atoms with van der Waals surface area (Å²) in [5.74, 6) is 2.85. The summed E-state index contributed by atoms with van der Waals surface area (Å²) in [5.41, 5.74) is -0.421. The molecule has 2 nitrogen and oxygen atoms in total. The van der Waals surface area contributed by atoms with Gasteiger partial charge in [-0.1, -0.05) is 24.9 Å². The molecule has 90 valence electrons. The lowest BCUT2D eigenvalue weighted by atomic mass is 9.88. The van der Waals surface area contributed by atoms with E-state index in [1.165, 1.54) is 25.7 Å². The van der Waals surface area contributed by atoms with Crippen LogP contribution in [0.1, 0.15) is 53.4 Å². The van der Waals surface area contributed by atoms with Crippen molar-refractivity contribution >= 4 is 7.12 Å². The van der Waals surface area contributed by atoms with Crippen molar-refractivity contribution in [3.05, 3.63) is 12.1 Å². The summed E-state index contributed by atoms with van der Waals surface area (Å²) < 4.78 is 11.8. The molecule has 1 heterocycles. The van der Waals surface area contributed by atoms with E-state index in [1.54, 1.807) is 0 Å². The van der Waals surface area contributed by atoms with E-state index in [9.17, 15) is 0 Å². The van der Waals surface area contributed by atoms with Crippen LogP contribution >= 0.6 is 0 Å². The molecule has 0 unspecified atom stereocenters. The van der Waals surface area contributed by atoms with Crippen molar-refractivity contribution in [1.29, 1.82) is 0 Å². The first-order valence-corrected chi connectivity index (χ1v) is 6.45. The van der Waals surface area contributed by atoms with E-state index < -0.39 is 0 Å². The van der Waals surface area contributed by atoms with Crippen LogP contribution in [0, 0.1) is 5.92 Å². The minimum Gasteiger partial charge on any atom is -0.400 e. The first-order chi connectivity index (χ1) is 7.41. The van der Waals surface area contributed by atoms with Crippen LogP contribution in [0.2, 0.25) is 0 Å². The first-order valence-electron chi connectivity index (χ1n) is 6.45. The molecular formula is C13H23BO2. The quantitative estimate of drug-likeness (QED) is 0.667. The predicted molar refractivity (Wildman–Crippen MR) is 67.2 cm³/mol. The largest absolute Gasteiger partial charge is 0.486 e. The molecule has 1 aliphatic heterocycles. The highest BCUT2D eigenvalue weighted by molar-refractivity contribution is 6.51. The van der Waals surface area contributed by atoms with Gasteiger partial charge in [-0.15, -0.1) is 0 Å². The fraction of sp³-hybridized carbons (Fsp3) is 0.846. The van der Waals surface area contributed by atoms with E-state index in [1.807, 2.05) is 0 Å². The SMILES string of the molecule is CC1(C)OB(/C=C/C2CCCC2)OC1(C)C. The number of hydrogen-bond donors (Lipinski definition) is 0. The van der Waals surface area contributed by atoms with Crippen LogP contribution in [0.4, 0.5) is 0 Å². The maximum atomic E-state index is 5.91. The van der Waals surface area contributed by atoms with Crippen molar-refractivity contribution in [3.63, 3.8) is 0 Å². The Morgan fingerprint density at radius 3 is 2.00 bits per heavy atom. The zero-order valence-electron chi connectivity index (χ0n) is 11.0. The van der Waals surface area contributed by atoms with Gasteiger partial charge < -0.3 is 9.31 Å². The molecule has 2 rings (SSSR count). The fourth-order valence-corrected chi connectivity index (χ4v) is 2.36. The van der Waals surface area contributed by atoms with Crippen LogP contribution in [0.5, 0.6) is 0 Å². The van der Waals surface area contributed by atoms with Gasteiger partial charge in [0.25, 0.3) is 0 Å². The Morgan fingerprint density at radius 2 is 1.50 bits per heavy atom. The zero-order chi connectivity index (χ0) is 11.8. The molecule has 0 N–H and O–H groups in total. The van der Waals surface area contributed by atoms with Crippen molar-refractivity contribution in [2.24, 2.45) is 5.92 Å². The molecule has 0 bridgehead atoms. The van der Waals surface area contributed by atoms with E-state index in [-0.39, 0.29) is 18.3 Å². The van der Waals surface area contributed by atoms with Gasteiger partial charge in [-0.3, -0.25) is 0 Å². The monoisotopic (exact) mass is 222 g/mol. The summed E-state index contributed by atoms with van der Waals surface area (Å²) in [4.78, 5) is 0. The first kappa shape index (κ1) is 12.2. The minimum absolute atomic E-state index is 0.161. The smallest absolute Gasteiger partial charge is 0.400 e. The lowest BCUT2D eigenvalue weighted by molar-refractivity contribution is 0.00578. The molecule has 0 spiro atoms. The standard InChI is InChI=1S/C13H23BO2/c1-12(2)13(3,4)16-14(15-12)10-9-11-7-5-6-8-11/h9-11H,5-8H2,1-4H3/b10-9+. The third-order valence-electron chi connectivity index (χ3n) is 4.21. The summed E-state index contributed by atoms with van der Waals surface area (Å²) in [6.07, 6.45) is 7.69. The Kier molecular flexibility index (Phi) is 3.19. The maximum Gasteiger partial charge on any atom is 0.486 e. The van der Waals surface area contributed by atoms with Crippen LogP contribution in [0.25, 0.3) is 0 Å². The zero-order valence-corrected chi connectivity index (χ0v) is 11.0. The number of allylic oxidation sites excluding steroid dienone is 1. The van der Waals surface area contributed by atoms with Crippen LogP contribution in [-0.4, -0.2) is 18.3 Å². The summed E-state index contributed by atoms with van der Waals surface area (Å²) in [6, 6.07) is 0. The molecular weight excluding hydrogens is 199 g/mol. The molecule has 0 amide bonds. The third kappa shape index (κ3) is 2.35. The van der Waals surface area contributed by atoms with Gasteiger partial charge in [-0.2, -0.15) is 0 Å². The van der Waals surface area contributed by atoms with Crippen LogP contribution in [0.3, 0.4) is 0 Å². The Balaban J connectivity index is 1.93. The van der Waals surface area contributed by atoms with Crippen LogP contribution in [0.15, 0.2) is 12.1 Å². The van der Waals surface area contributed by atoms with Gasteiger partial charge in [-0.05, 0) is 46.5 Å². The van der Waals surface area contributed by atoms with Gasteiger partial charge in [-0.25, -0.2) is 0 Å². The molecule has 0 aromatic rings. The highest BCUT2D eigenvalue weighted by Gasteiger charge is 2.50. The Morgan fingerprint density at radius 1 is 1.00 bits per heavy atom. The second kappa shape index (κ2) is 4.19. The van der Waals surface area contributed by atoms with Gasteiger partial charge in [0.1, 0.15) is 0 Å². The van der Waals surface area contributed by atoms with E-state index in [2.05, 4.69) is 39.7 Å². The molecule has 3 heteroatoms. The second-order valence-corrected chi connectivity index (χ2v) is 6.05. The van der Waals surface area contributed by atoms with E-state index in [0.717, 1.165) is 5.92 Å². The highest BCUT2D eigenvalue weighted by Crippen LogP contribution is 2.37. The van der Waals surface area contributed by atoms with E-state index in [4.69, 9.17) is 9.31 Å². The number of rotatable bonds is 2. The Labute approximate surface area is 99.5 Å². The minimum atomic E-state index is -0.211. The molecule has 0 aromatic heterocycles. The van der Waals surface area contributed by atoms with Crippen molar-refractivity contribution < 1.29 is 9.31 Å². The predicted octanol–water partition coefficient (Wildman–Crippen LogP) is 3.36. The molecule has 1 saturated carbocycles. The Hall–Kier alpha value is -0.275. The summed E-state index contributed by atoms with van der Waals surface area (Å²) >= 11 is 0. The molecule has 1 aliphatic carbocycles. The molecule has 2 aliphatic rings. The summed E-state index contributed by atoms with van der Waals surface area (Å²) in [7, 11) is -0.161. The Bertz CT molecular complexity index is 262. The van der Waals surface area contributed by atoms with Crippen LogP contribution in [-0.2, 0) is 9.31 Å². The average Bonchev–Trinajstić information content (AvgIpc) is 2.70. The van der Waals surface area contributed by atoms with Gasteiger partial charge in [0, 0.05) is 0 Å². The van der Waals surface area contributed by atoms with Crippen molar-refractivity contribution in [2.45, 2.75) is 64.6 Å². The lowest BCUT2D eigenvalue weighted by Gasteiger charge is -2.32. The molecule has 2 fully saturated rings. The van der Waals surface area contributed by atoms with Crippen molar-refractivity contribution in [2.75, 3.05) is 0 Å². The summed E-state index contributed by atoms with van der Waals surface area (Å²) in [6.45, 7) is 8.37. The topological polar surface area (TPSA) is 18.5 Å². The van der Waals surface area contributed by atoms with Gasteiger partial charge >= 0.3 is 7.12 Å². The molecule has 0 radical (unpaired) electrons. The molecule has 1 saturated heterocycles. The van der Waals surface area contributed by atoms with Crippen molar-refractivity contribution in [1.82, 2.24) is 0 Å².